The molecule has 1 aromatic heterocycles. The van der Waals surface area contributed by atoms with Crippen LogP contribution in [0.2, 0.25) is 10.0 Å². The van der Waals surface area contributed by atoms with Crippen LogP contribution in [0.15, 0.2) is 66.5 Å². The molecule has 2 amide bonds. The summed E-state index contributed by atoms with van der Waals surface area (Å²) in [6.07, 6.45) is 6.57. The first-order valence-electron chi connectivity index (χ1n) is 13.3. The van der Waals surface area contributed by atoms with Crippen LogP contribution in [0.5, 0.6) is 5.75 Å². The Bertz CT molecular complexity index is 1450. The Kier molecular flexibility index (Phi) is 8.69. The van der Waals surface area contributed by atoms with Gasteiger partial charge < -0.3 is 24.9 Å². The number of nitrogens with zero attached hydrogens (tertiary/aromatic N) is 1. The molecular formula is C30H31Cl2N3O5. The molecule has 3 atom stereocenters. The van der Waals surface area contributed by atoms with Crippen LogP contribution in [-0.4, -0.2) is 52.8 Å². The fourth-order valence-electron chi connectivity index (χ4n) is 5.24. The smallest absolute Gasteiger partial charge is 0.415 e. The molecule has 2 unspecified atom stereocenters. The van der Waals surface area contributed by atoms with Gasteiger partial charge in [0.2, 0.25) is 5.91 Å². The number of benzene rings is 2. The summed E-state index contributed by atoms with van der Waals surface area (Å²) in [6.45, 7) is 2.41. The summed E-state index contributed by atoms with van der Waals surface area (Å²) >= 11 is 12.3. The number of ether oxygens (including phenoxy) is 2. The number of halogens is 2. The number of allylic oxidation sites excluding steroid dienone is 2. The van der Waals surface area contributed by atoms with Gasteiger partial charge in [-0.25, -0.2) is 4.79 Å². The van der Waals surface area contributed by atoms with E-state index >= 15 is 0 Å². The summed E-state index contributed by atoms with van der Waals surface area (Å²) in [6, 6.07) is 12.2. The van der Waals surface area contributed by atoms with Crippen molar-refractivity contribution in [1.29, 1.82) is 0 Å². The second kappa shape index (κ2) is 12.4. The number of H-pyrrole nitrogens is 1. The number of aliphatic hydroxyl groups is 1. The highest BCUT2D eigenvalue weighted by atomic mass is 35.5. The topological polar surface area (TPSA) is 104 Å². The monoisotopic (exact) mass is 583 g/mol. The molecular weight excluding hydrogens is 553 g/mol. The van der Waals surface area contributed by atoms with E-state index in [-0.39, 0.29) is 24.4 Å². The molecule has 3 aromatic rings. The molecule has 2 aromatic carbocycles. The van der Waals surface area contributed by atoms with E-state index in [1.54, 1.807) is 29.2 Å². The van der Waals surface area contributed by atoms with Crippen LogP contribution in [0.25, 0.3) is 10.9 Å². The molecule has 10 heteroatoms. The molecule has 0 bridgehead atoms. The number of carbonyl (C=O) groups excluding carboxylic acids is 2. The molecule has 0 radical (unpaired) electrons. The minimum absolute atomic E-state index is 0.0296. The summed E-state index contributed by atoms with van der Waals surface area (Å²) in [5.74, 6) is 0.924. The van der Waals surface area contributed by atoms with Crippen molar-refractivity contribution in [2.45, 2.75) is 38.3 Å². The summed E-state index contributed by atoms with van der Waals surface area (Å²) in [5, 5.41) is 14.9. The first-order chi connectivity index (χ1) is 19.3. The van der Waals surface area contributed by atoms with Crippen molar-refractivity contribution in [3.05, 3.63) is 87.8 Å². The van der Waals surface area contributed by atoms with E-state index in [9.17, 15) is 14.7 Å². The number of fused-ring (bicyclic) bond motifs is 3. The number of aromatic nitrogens is 1. The standard InChI is InChI=1S/C30H31Cl2N3O5/c1-18(36)33-17-22(37)13-15-39-23-7-2-19(3-8-23)29-28-25(26-16-21(32)6-11-27(26)34-28)12-14-35(29)30(38)40-24-9-4-20(31)5-10-24/h2,4-11,16,19,22,29,34,37H,3,12-15,17H2,1H3,(H,33,36)/t19?,22?,29-/m0/s1. The van der Waals surface area contributed by atoms with Gasteiger partial charge in [0.25, 0.3) is 0 Å². The van der Waals surface area contributed by atoms with E-state index in [1.807, 2.05) is 30.4 Å². The van der Waals surface area contributed by atoms with E-state index in [2.05, 4.69) is 16.4 Å². The van der Waals surface area contributed by atoms with Crippen molar-refractivity contribution in [2.75, 3.05) is 19.7 Å². The predicted octanol–water partition coefficient (Wildman–Crippen LogP) is 5.94. The van der Waals surface area contributed by atoms with Crippen molar-refractivity contribution < 1.29 is 24.2 Å². The molecule has 1 aliphatic heterocycles. The highest BCUT2D eigenvalue weighted by molar-refractivity contribution is 6.31. The van der Waals surface area contributed by atoms with Gasteiger partial charge in [0.1, 0.15) is 11.5 Å². The zero-order valence-corrected chi connectivity index (χ0v) is 23.5. The lowest BCUT2D eigenvalue weighted by Gasteiger charge is -2.39. The Morgan fingerprint density at radius 3 is 2.67 bits per heavy atom. The number of hydrogen-bond acceptors (Lipinski definition) is 5. The van der Waals surface area contributed by atoms with Crippen LogP contribution in [0.4, 0.5) is 4.79 Å². The van der Waals surface area contributed by atoms with Gasteiger partial charge in [0.05, 0.1) is 18.8 Å². The summed E-state index contributed by atoms with van der Waals surface area (Å²) < 4.78 is 11.6. The van der Waals surface area contributed by atoms with Gasteiger partial charge in [-0.3, -0.25) is 9.69 Å². The Hall–Kier alpha value is -3.46. The minimum Gasteiger partial charge on any atom is -0.494 e. The molecule has 5 rings (SSSR count). The molecule has 3 N–H and O–H groups in total. The molecule has 0 saturated carbocycles. The molecule has 40 heavy (non-hydrogen) atoms. The molecule has 0 saturated heterocycles. The molecule has 0 spiro atoms. The van der Waals surface area contributed by atoms with Crippen LogP contribution in [-0.2, 0) is 16.0 Å². The van der Waals surface area contributed by atoms with Gasteiger partial charge in [-0.2, -0.15) is 0 Å². The molecule has 2 aliphatic rings. The fraction of sp³-hybridized carbons (Fsp3) is 0.333. The number of aliphatic hydroxyl groups excluding tert-OH is 1. The first-order valence-corrected chi connectivity index (χ1v) is 14.0. The minimum atomic E-state index is -0.679. The maximum absolute atomic E-state index is 13.5. The number of carbonyl (C=O) groups is 2. The SMILES string of the molecule is CC(=O)NCC(O)CCOC1=CCC([C@H]2c3[nH]c4ccc(Cl)cc4c3CCN2C(=O)Oc2ccc(Cl)cc2)C=C1. The average molecular weight is 585 g/mol. The number of rotatable bonds is 8. The van der Waals surface area contributed by atoms with E-state index < -0.39 is 12.2 Å². The van der Waals surface area contributed by atoms with E-state index in [0.717, 1.165) is 22.2 Å². The maximum atomic E-state index is 13.5. The molecule has 210 valence electrons. The Balaban J connectivity index is 1.33. The van der Waals surface area contributed by atoms with Crippen molar-refractivity contribution >= 4 is 46.1 Å². The molecule has 8 nitrogen and oxygen atoms in total. The van der Waals surface area contributed by atoms with Crippen molar-refractivity contribution in [2.24, 2.45) is 5.92 Å². The number of aromatic amines is 1. The van der Waals surface area contributed by atoms with Gasteiger partial charge in [-0.05, 0) is 73.0 Å². The Morgan fingerprint density at radius 1 is 1.18 bits per heavy atom. The number of hydrogen-bond donors (Lipinski definition) is 3. The van der Waals surface area contributed by atoms with Crippen LogP contribution in [0.3, 0.4) is 0 Å². The Labute approximate surface area is 242 Å². The molecule has 1 aliphatic carbocycles. The second-order valence-corrected chi connectivity index (χ2v) is 10.9. The number of nitrogens with one attached hydrogen (secondary N) is 2. The normalized spacial score (nSPS) is 19.1. The average Bonchev–Trinajstić information content (AvgIpc) is 3.31. The third kappa shape index (κ3) is 6.46. The lowest BCUT2D eigenvalue weighted by molar-refractivity contribution is -0.119. The predicted molar refractivity (Wildman–Crippen MR) is 155 cm³/mol. The highest BCUT2D eigenvalue weighted by Crippen LogP contribution is 2.42. The zero-order chi connectivity index (χ0) is 28.2. The zero-order valence-electron chi connectivity index (χ0n) is 22.0. The van der Waals surface area contributed by atoms with Gasteiger partial charge in [0, 0.05) is 59.0 Å². The Morgan fingerprint density at radius 2 is 1.95 bits per heavy atom. The first kappa shape index (κ1) is 28.1. The summed E-state index contributed by atoms with van der Waals surface area (Å²) in [5.41, 5.74) is 3.11. The van der Waals surface area contributed by atoms with Gasteiger partial charge in [-0.15, -0.1) is 0 Å². The van der Waals surface area contributed by atoms with E-state index in [1.165, 1.54) is 6.92 Å². The summed E-state index contributed by atoms with van der Waals surface area (Å²) in [4.78, 5) is 29.8. The van der Waals surface area contributed by atoms with Gasteiger partial charge in [0.15, 0.2) is 0 Å². The van der Waals surface area contributed by atoms with Gasteiger partial charge in [-0.1, -0.05) is 29.3 Å². The van der Waals surface area contributed by atoms with Gasteiger partial charge >= 0.3 is 6.09 Å². The van der Waals surface area contributed by atoms with Crippen molar-refractivity contribution in [3.8, 4) is 5.75 Å². The fourth-order valence-corrected chi connectivity index (χ4v) is 5.53. The quantitative estimate of drug-likeness (QED) is 0.304. The van der Waals surface area contributed by atoms with E-state index in [4.69, 9.17) is 32.7 Å². The third-order valence-electron chi connectivity index (χ3n) is 7.20. The third-order valence-corrected chi connectivity index (χ3v) is 7.69. The maximum Gasteiger partial charge on any atom is 0.415 e. The largest absolute Gasteiger partial charge is 0.494 e. The second-order valence-electron chi connectivity index (χ2n) is 10.0. The molecule has 2 heterocycles. The van der Waals surface area contributed by atoms with Crippen LogP contribution < -0.4 is 10.1 Å². The van der Waals surface area contributed by atoms with E-state index in [0.29, 0.717) is 54.0 Å². The number of amides is 2. The van der Waals surface area contributed by atoms with Crippen LogP contribution in [0, 0.1) is 5.92 Å². The summed E-state index contributed by atoms with van der Waals surface area (Å²) in [7, 11) is 0. The van der Waals surface area contributed by atoms with Crippen molar-refractivity contribution in [1.82, 2.24) is 15.2 Å². The van der Waals surface area contributed by atoms with Crippen molar-refractivity contribution in [3.63, 3.8) is 0 Å². The van der Waals surface area contributed by atoms with Crippen LogP contribution >= 0.6 is 23.2 Å². The lowest BCUT2D eigenvalue weighted by Crippen LogP contribution is -2.44. The lowest BCUT2D eigenvalue weighted by atomic mass is 9.84. The highest BCUT2D eigenvalue weighted by Gasteiger charge is 2.39. The van der Waals surface area contributed by atoms with Crippen LogP contribution in [0.1, 0.15) is 37.1 Å². The molecule has 0 fully saturated rings.